The molecular formula is C33H25BrN2O5. The average Bonchev–Trinajstić information content (AvgIpc) is 3.69. The number of hydrogen-bond acceptors (Lipinski definition) is 6. The Morgan fingerprint density at radius 3 is 2.32 bits per heavy atom. The molecule has 3 aliphatic rings. The molecular weight excluding hydrogens is 584 g/mol. The number of ketones is 1. The van der Waals surface area contributed by atoms with Gasteiger partial charge in [-0.05, 0) is 67.5 Å². The third-order valence-electron chi connectivity index (χ3n) is 8.76. The molecule has 2 aliphatic carbocycles. The molecule has 1 aromatic heterocycles. The number of esters is 1. The topological polar surface area (TPSA) is 93.6 Å². The summed E-state index contributed by atoms with van der Waals surface area (Å²) in [5.74, 6) is -0.946. The first-order valence-corrected chi connectivity index (χ1v) is 14.5. The van der Waals surface area contributed by atoms with Crippen molar-refractivity contribution in [3.8, 4) is 11.3 Å². The lowest BCUT2D eigenvalue weighted by Gasteiger charge is -2.19. The molecule has 2 heterocycles. The molecule has 3 aromatic carbocycles. The van der Waals surface area contributed by atoms with Crippen molar-refractivity contribution in [3.05, 3.63) is 94.5 Å². The van der Waals surface area contributed by atoms with Crippen molar-refractivity contribution < 1.29 is 23.9 Å². The van der Waals surface area contributed by atoms with E-state index >= 15 is 0 Å². The fourth-order valence-electron chi connectivity index (χ4n) is 6.89. The number of anilines is 1. The first-order valence-electron chi connectivity index (χ1n) is 13.7. The van der Waals surface area contributed by atoms with Gasteiger partial charge < -0.3 is 4.74 Å². The zero-order valence-electron chi connectivity index (χ0n) is 22.0. The number of carbonyl (C=O) groups excluding carboxylic acids is 4. The maximum Gasteiger partial charge on any atom is 0.339 e. The highest BCUT2D eigenvalue weighted by atomic mass is 79.9. The zero-order valence-corrected chi connectivity index (χ0v) is 23.5. The van der Waals surface area contributed by atoms with Crippen LogP contribution in [0.2, 0.25) is 0 Å². The van der Waals surface area contributed by atoms with Gasteiger partial charge in [0.1, 0.15) is 0 Å². The van der Waals surface area contributed by atoms with Crippen molar-refractivity contribution in [1.29, 1.82) is 0 Å². The van der Waals surface area contributed by atoms with Crippen LogP contribution in [0.25, 0.3) is 22.2 Å². The number of hydrogen-bond donors (Lipinski definition) is 0. The lowest BCUT2D eigenvalue weighted by Crippen LogP contribution is -2.32. The van der Waals surface area contributed by atoms with Gasteiger partial charge in [-0.2, -0.15) is 0 Å². The summed E-state index contributed by atoms with van der Waals surface area (Å²) in [5, 5.41) is 0.599. The van der Waals surface area contributed by atoms with E-state index in [1.165, 1.54) is 4.90 Å². The maximum atomic E-state index is 13.4. The molecule has 1 saturated heterocycles. The number of fused-ring (bicyclic) bond motifs is 6. The fourth-order valence-corrected chi connectivity index (χ4v) is 7.15. The number of benzene rings is 3. The number of Topliss-reactive ketones (excluding diaryl/α,β-unsaturated/α-hetero) is 1. The van der Waals surface area contributed by atoms with Crippen LogP contribution in [0.1, 0.15) is 40.0 Å². The molecule has 8 heteroatoms. The number of nitrogens with zero attached hydrogens (tertiary/aromatic N) is 2. The predicted molar refractivity (Wildman–Crippen MR) is 156 cm³/mol. The molecule has 2 amide bonds. The van der Waals surface area contributed by atoms with Gasteiger partial charge in [0.05, 0.1) is 34.3 Å². The van der Waals surface area contributed by atoms with E-state index in [2.05, 4.69) is 15.9 Å². The Morgan fingerprint density at radius 2 is 1.59 bits per heavy atom. The molecule has 204 valence electrons. The number of pyridine rings is 1. The molecule has 2 bridgehead atoms. The van der Waals surface area contributed by atoms with Crippen molar-refractivity contribution in [2.45, 2.75) is 19.3 Å². The number of imide groups is 1. The van der Waals surface area contributed by atoms with Crippen molar-refractivity contribution >= 4 is 56.1 Å². The molecule has 3 fully saturated rings. The normalized spacial score (nSPS) is 22.8. The Balaban J connectivity index is 1.19. The highest BCUT2D eigenvalue weighted by molar-refractivity contribution is 9.10. The van der Waals surface area contributed by atoms with Crippen LogP contribution in [0, 0.1) is 23.7 Å². The fraction of sp³-hybridized carbons (Fsp3) is 0.242. The van der Waals surface area contributed by atoms with Crippen LogP contribution in [0.5, 0.6) is 0 Å². The second kappa shape index (κ2) is 10.0. The predicted octanol–water partition coefficient (Wildman–Crippen LogP) is 6.24. The van der Waals surface area contributed by atoms with Gasteiger partial charge in [-0.1, -0.05) is 58.4 Å². The first kappa shape index (κ1) is 25.8. The summed E-state index contributed by atoms with van der Waals surface area (Å²) in [4.78, 5) is 58.8. The van der Waals surface area contributed by atoms with E-state index in [1.54, 1.807) is 60.7 Å². The molecule has 7 nitrogen and oxygen atoms in total. The van der Waals surface area contributed by atoms with Gasteiger partial charge in [-0.15, -0.1) is 0 Å². The highest BCUT2D eigenvalue weighted by Gasteiger charge is 2.61. The number of aromatic nitrogens is 1. The second-order valence-electron chi connectivity index (χ2n) is 11.0. The lowest BCUT2D eigenvalue weighted by atomic mass is 9.81. The summed E-state index contributed by atoms with van der Waals surface area (Å²) in [5.41, 5.74) is 2.98. The van der Waals surface area contributed by atoms with Crippen molar-refractivity contribution in [1.82, 2.24) is 4.98 Å². The average molecular weight is 609 g/mol. The number of rotatable bonds is 6. The van der Waals surface area contributed by atoms with E-state index < -0.39 is 12.6 Å². The standard InChI is InChI=1S/C33H25BrN2O5/c34-22-12-10-18(11-13-22)28(37)17-41-33(40)25-16-27(35-26-7-2-1-6-24(25)26)19-4-3-5-23(15-19)36-31(38)29-20-8-9-21(14-20)30(29)32(36)39/h1-7,10-13,15-16,20-21,29-30H,8-9,14,17H2/t20-,21-,29-,30+/m0/s1. The van der Waals surface area contributed by atoms with E-state index in [4.69, 9.17) is 9.72 Å². The SMILES string of the molecule is O=C(COC(=O)c1cc(-c2cccc(N3C(=O)[C@@H]4[C@H]5CC[C@@H](C5)[C@@H]4C3=O)c2)nc2ccccc12)c1ccc(Br)cc1. The number of amides is 2. The van der Waals surface area contributed by atoms with E-state index in [9.17, 15) is 19.2 Å². The van der Waals surface area contributed by atoms with Crippen molar-refractivity contribution in [2.75, 3.05) is 11.5 Å². The quantitative estimate of drug-likeness (QED) is 0.146. The van der Waals surface area contributed by atoms with E-state index in [0.717, 1.165) is 23.7 Å². The van der Waals surface area contributed by atoms with Crippen LogP contribution < -0.4 is 4.90 Å². The monoisotopic (exact) mass is 608 g/mol. The molecule has 4 aromatic rings. The summed E-state index contributed by atoms with van der Waals surface area (Å²) in [6.07, 6.45) is 3.02. The lowest BCUT2D eigenvalue weighted by molar-refractivity contribution is -0.123. The van der Waals surface area contributed by atoms with Crippen LogP contribution in [0.4, 0.5) is 5.69 Å². The molecule has 1 aliphatic heterocycles. The maximum absolute atomic E-state index is 13.4. The summed E-state index contributed by atoms with van der Waals surface area (Å²) >= 11 is 3.35. The minimum absolute atomic E-state index is 0.101. The largest absolute Gasteiger partial charge is 0.454 e. The summed E-state index contributed by atoms with van der Waals surface area (Å²) in [6.45, 7) is -0.397. The zero-order chi connectivity index (χ0) is 28.2. The third-order valence-corrected chi connectivity index (χ3v) is 9.29. The van der Waals surface area contributed by atoms with Crippen LogP contribution >= 0.6 is 15.9 Å². The molecule has 0 unspecified atom stereocenters. The Bertz CT molecular complexity index is 1720. The molecule has 41 heavy (non-hydrogen) atoms. The number of carbonyl (C=O) groups is 4. The minimum atomic E-state index is -0.639. The molecule has 0 spiro atoms. The molecule has 0 radical (unpaired) electrons. The van der Waals surface area contributed by atoms with Gasteiger partial charge in [-0.25, -0.2) is 9.78 Å². The molecule has 4 atom stereocenters. The number of halogens is 1. The summed E-state index contributed by atoms with van der Waals surface area (Å²) < 4.78 is 6.30. The van der Waals surface area contributed by atoms with Crippen LogP contribution in [-0.4, -0.2) is 35.2 Å². The number of para-hydroxylation sites is 1. The Hall–Kier alpha value is -4.17. The molecule has 7 rings (SSSR count). The van der Waals surface area contributed by atoms with Gasteiger partial charge in [0, 0.05) is 21.0 Å². The van der Waals surface area contributed by atoms with Gasteiger partial charge in [0.25, 0.3) is 0 Å². The van der Waals surface area contributed by atoms with Crippen LogP contribution in [-0.2, 0) is 14.3 Å². The Morgan fingerprint density at radius 1 is 0.878 bits per heavy atom. The van der Waals surface area contributed by atoms with Gasteiger partial charge >= 0.3 is 5.97 Å². The smallest absolute Gasteiger partial charge is 0.339 e. The van der Waals surface area contributed by atoms with E-state index in [0.29, 0.717) is 45.2 Å². The molecule has 0 N–H and O–H groups in total. The van der Waals surface area contributed by atoms with E-state index in [-0.39, 0.29) is 35.0 Å². The van der Waals surface area contributed by atoms with Gasteiger partial charge in [0.15, 0.2) is 12.4 Å². The third kappa shape index (κ3) is 4.37. The van der Waals surface area contributed by atoms with E-state index in [1.807, 2.05) is 18.2 Å². The first-order chi connectivity index (χ1) is 19.9. The Kier molecular flexibility index (Phi) is 6.31. The highest BCUT2D eigenvalue weighted by Crippen LogP contribution is 2.56. The van der Waals surface area contributed by atoms with Crippen LogP contribution in [0.15, 0.2) is 83.3 Å². The summed E-state index contributed by atoms with van der Waals surface area (Å²) in [6, 6.07) is 22.9. The van der Waals surface area contributed by atoms with Gasteiger partial charge in [-0.3, -0.25) is 19.3 Å². The van der Waals surface area contributed by atoms with Gasteiger partial charge in [0.2, 0.25) is 11.8 Å². The van der Waals surface area contributed by atoms with Crippen LogP contribution in [0.3, 0.4) is 0 Å². The Labute approximate surface area is 244 Å². The number of ether oxygens (including phenoxy) is 1. The molecule has 2 saturated carbocycles. The second-order valence-corrected chi connectivity index (χ2v) is 11.9. The van der Waals surface area contributed by atoms with Crippen molar-refractivity contribution in [2.24, 2.45) is 23.7 Å². The minimum Gasteiger partial charge on any atom is -0.454 e. The summed E-state index contributed by atoms with van der Waals surface area (Å²) in [7, 11) is 0. The van der Waals surface area contributed by atoms with Crippen molar-refractivity contribution in [3.63, 3.8) is 0 Å².